The molecule has 0 aromatic rings. The van der Waals surface area contributed by atoms with Gasteiger partial charge in [0.05, 0.1) is 6.10 Å². The van der Waals surface area contributed by atoms with Gasteiger partial charge in [0.1, 0.15) is 0 Å². The van der Waals surface area contributed by atoms with Gasteiger partial charge in [-0.2, -0.15) is 0 Å². The van der Waals surface area contributed by atoms with Gasteiger partial charge in [-0.25, -0.2) is 0 Å². The summed E-state index contributed by atoms with van der Waals surface area (Å²) in [5.41, 5.74) is 0. The number of nitrogens with zero attached hydrogens (tertiary/aromatic N) is 1. The number of hydrogen-bond donors (Lipinski definition) is 1. The minimum Gasteiger partial charge on any atom is -0.393 e. The monoisotopic (exact) mass is 171 g/mol. The van der Waals surface area contributed by atoms with Crippen molar-refractivity contribution in [2.45, 2.75) is 45.3 Å². The average Bonchev–Trinajstić information content (AvgIpc) is 2.30. The van der Waals surface area contributed by atoms with Crippen molar-refractivity contribution in [3.63, 3.8) is 0 Å². The minimum absolute atomic E-state index is 0.00583. The molecule has 0 amide bonds. The molecule has 2 fully saturated rings. The summed E-state index contributed by atoms with van der Waals surface area (Å²) in [6.07, 6.45) is 3.37. The van der Waals surface area contributed by atoms with Crippen molar-refractivity contribution in [1.29, 1.82) is 0 Å². The highest BCUT2D eigenvalue weighted by atomic mass is 16.3. The Morgan fingerprint density at radius 1 is 1.17 bits per heavy atom. The first-order valence-corrected chi connectivity index (χ1v) is 5.14. The van der Waals surface area contributed by atoms with E-state index in [1.165, 1.54) is 13.0 Å². The third-order valence-corrected chi connectivity index (χ3v) is 2.92. The quantitative estimate of drug-likeness (QED) is 0.597. The van der Waals surface area contributed by atoms with E-state index >= 15 is 0 Å². The molecule has 12 heavy (non-hydrogen) atoms. The fraction of sp³-hybridized carbons (Fsp3) is 1.00. The number of rotatable bonds is 0. The second kappa shape index (κ2) is 4.24. The smallest absolute Gasteiger partial charge is 0.0558 e. The van der Waals surface area contributed by atoms with Gasteiger partial charge in [0, 0.05) is 12.6 Å². The number of likely N-dealkylation sites (tertiary alicyclic amines) is 1. The first-order chi connectivity index (χ1) is 5.75. The molecule has 3 atom stereocenters. The molecule has 2 nitrogen and oxygen atoms in total. The highest BCUT2D eigenvalue weighted by Gasteiger charge is 2.36. The van der Waals surface area contributed by atoms with Crippen LogP contribution in [0.25, 0.3) is 0 Å². The summed E-state index contributed by atoms with van der Waals surface area (Å²) in [5, 5.41) is 9.38. The van der Waals surface area contributed by atoms with Crippen molar-refractivity contribution in [2.75, 3.05) is 13.6 Å². The summed E-state index contributed by atoms with van der Waals surface area (Å²) < 4.78 is 0. The molecule has 1 N–H and O–H groups in total. The van der Waals surface area contributed by atoms with Crippen LogP contribution in [0.1, 0.15) is 33.1 Å². The van der Waals surface area contributed by atoms with Crippen LogP contribution in [-0.2, 0) is 0 Å². The molecule has 1 saturated heterocycles. The second-order valence-corrected chi connectivity index (χ2v) is 3.82. The zero-order chi connectivity index (χ0) is 9.14. The SMILES string of the molecule is CC.CN1C[C@@H]2C[C@H](O)C[C@H]1C2. The van der Waals surface area contributed by atoms with E-state index in [1.54, 1.807) is 0 Å². The highest BCUT2D eigenvalue weighted by molar-refractivity contribution is 4.90. The van der Waals surface area contributed by atoms with Gasteiger partial charge in [-0.1, -0.05) is 13.8 Å². The van der Waals surface area contributed by atoms with Gasteiger partial charge < -0.3 is 10.0 Å². The van der Waals surface area contributed by atoms with Crippen molar-refractivity contribution in [2.24, 2.45) is 5.92 Å². The summed E-state index contributed by atoms with van der Waals surface area (Å²) in [6, 6.07) is 0.689. The zero-order valence-corrected chi connectivity index (χ0v) is 8.45. The maximum Gasteiger partial charge on any atom is 0.0558 e. The molecular formula is C10H21NO. The van der Waals surface area contributed by atoms with Crippen LogP contribution in [-0.4, -0.2) is 35.7 Å². The van der Waals surface area contributed by atoms with Gasteiger partial charge in [0.2, 0.25) is 0 Å². The maximum absolute atomic E-state index is 9.38. The molecule has 0 aromatic heterocycles. The Bertz CT molecular complexity index is 133. The molecule has 2 bridgehead atoms. The van der Waals surface area contributed by atoms with Crippen LogP contribution in [0.5, 0.6) is 0 Å². The summed E-state index contributed by atoms with van der Waals surface area (Å²) in [7, 11) is 2.17. The first kappa shape index (κ1) is 10.0. The Balaban J connectivity index is 0.000000336. The first-order valence-electron chi connectivity index (χ1n) is 5.14. The lowest BCUT2D eigenvalue weighted by molar-refractivity contribution is 0.102. The van der Waals surface area contributed by atoms with Crippen molar-refractivity contribution in [1.82, 2.24) is 4.90 Å². The molecule has 1 saturated carbocycles. The van der Waals surface area contributed by atoms with E-state index in [4.69, 9.17) is 0 Å². The van der Waals surface area contributed by atoms with E-state index in [1.807, 2.05) is 13.8 Å². The van der Waals surface area contributed by atoms with Crippen LogP contribution >= 0.6 is 0 Å². The third-order valence-electron chi connectivity index (χ3n) is 2.92. The van der Waals surface area contributed by atoms with Crippen LogP contribution in [0.3, 0.4) is 0 Å². The Morgan fingerprint density at radius 3 is 2.42 bits per heavy atom. The summed E-state index contributed by atoms with van der Waals surface area (Å²) in [6.45, 7) is 5.21. The Hall–Kier alpha value is -0.0800. The van der Waals surface area contributed by atoms with Crippen LogP contribution < -0.4 is 0 Å². The number of hydrogen-bond acceptors (Lipinski definition) is 2. The van der Waals surface area contributed by atoms with E-state index in [-0.39, 0.29) is 6.10 Å². The molecule has 1 heterocycles. The van der Waals surface area contributed by atoms with E-state index in [0.717, 1.165) is 18.8 Å². The van der Waals surface area contributed by atoms with Crippen molar-refractivity contribution < 1.29 is 5.11 Å². The Labute approximate surface area is 75.6 Å². The van der Waals surface area contributed by atoms with Crippen LogP contribution in [0.4, 0.5) is 0 Å². The van der Waals surface area contributed by atoms with Gasteiger partial charge >= 0.3 is 0 Å². The summed E-state index contributed by atoms with van der Waals surface area (Å²) in [4.78, 5) is 2.39. The van der Waals surface area contributed by atoms with Crippen LogP contribution in [0, 0.1) is 5.92 Å². The molecule has 0 spiro atoms. The fourth-order valence-electron chi connectivity index (χ4n) is 2.44. The van der Waals surface area contributed by atoms with E-state index in [0.29, 0.717) is 6.04 Å². The standard InChI is InChI=1S/C8H15NO.C2H6/c1-9-5-6-2-7(9)4-8(10)3-6;1-2/h6-8,10H,2-5H2,1H3;1-2H3/t6-,7+,8-;/m0./s1. The van der Waals surface area contributed by atoms with Gasteiger partial charge in [-0.3, -0.25) is 0 Å². The van der Waals surface area contributed by atoms with Crippen LogP contribution in [0.15, 0.2) is 0 Å². The van der Waals surface area contributed by atoms with E-state index in [2.05, 4.69) is 11.9 Å². The second-order valence-electron chi connectivity index (χ2n) is 3.82. The molecule has 2 heteroatoms. The lowest BCUT2D eigenvalue weighted by Gasteiger charge is -2.24. The van der Waals surface area contributed by atoms with Crippen molar-refractivity contribution >= 4 is 0 Å². The van der Waals surface area contributed by atoms with Crippen LogP contribution in [0.2, 0.25) is 0 Å². The normalized spacial score (nSPS) is 40.5. The predicted molar refractivity (Wildman–Crippen MR) is 51.1 cm³/mol. The molecule has 1 aliphatic carbocycles. The van der Waals surface area contributed by atoms with Gasteiger partial charge in [0.25, 0.3) is 0 Å². The molecule has 2 aliphatic rings. The van der Waals surface area contributed by atoms with Gasteiger partial charge in [-0.15, -0.1) is 0 Å². The van der Waals surface area contributed by atoms with Crippen molar-refractivity contribution in [3.8, 4) is 0 Å². The third kappa shape index (κ3) is 1.99. The van der Waals surface area contributed by atoms with Gasteiger partial charge in [0.15, 0.2) is 0 Å². The Kier molecular flexibility index (Phi) is 3.53. The fourth-order valence-corrected chi connectivity index (χ4v) is 2.44. The Morgan fingerprint density at radius 2 is 1.83 bits per heavy atom. The molecular weight excluding hydrogens is 150 g/mol. The average molecular weight is 171 g/mol. The zero-order valence-electron chi connectivity index (χ0n) is 8.45. The molecule has 72 valence electrons. The molecule has 0 radical (unpaired) electrons. The largest absolute Gasteiger partial charge is 0.393 e. The molecule has 0 unspecified atom stereocenters. The molecule has 0 aromatic carbocycles. The molecule has 1 aliphatic heterocycles. The number of aliphatic hydroxyl groups excluding tert-OH is 1. The van der Waals surface area contributed by atoms with Crippen molar-refractivity contribution in [3.05, 3.63) is 0 Å². The topological polar surface area (TPSA) is 23.5 Å². The summed E-state index contributed by atoms with van der Waals surface area (Å²) >= 11 is 0. The lowest BCUT2D eigenvalue weighted by atomic mass is 9.88. The van der Waals surface area contributed by atoms with Gasteiger partial charge in [-0.05, 0) is 32.2 Å². The van der Waals surface area contributed by atoms with E-state index < -0.39 is 0 Å². The van der Waals surface area contributed by atoms with E-state index in [9.17, 15) is 5.11 Å². The number of fused-ring (bicyclic) bond motifs is 2. The predicted octanol–water partition coefficient (Wildman–Crippen LogP) is 1.49. The maximum atomic E-state index is 9.38. The minimum atomic E-state index is -0.00583. The molecule has 2 rings (SSSR count). The summed E-state index contributed by atoms with van der Waals surface area (Å²) in [5.74, 6) is 0.791. The lowest BCUT2D eigenvalue weighted by Crippen LogP contribution is -2.29. The number of aliphatic hydroxyl groups is 1. The highest BCUT2D eigenvalue weighted by Crippen LogP contribution is 2.34.